The molecular formula is C16H13F2N3O. The van der Waals surface area contributed by atoms with Crippen LogP contribution in [-0.4, -0.2) is 19.9 Å². The Morgan fingerprint density at radius 1 is 1.18 bits per heavy atom. The first-order valence-electron chi connectivity index (χ1n) is 7.08. The van der Waals surface area contributed by atoms with E-state index in [0.717, 1.165) is 29.4 Å². The van der Waals surface area contributed by atoms with Crippen molar-refractivity contribution in [2.45, 2.75) is 25.3 Å². The molecule has 1 aliphatic rings. The Morgan fingerprint density at radius 3 is 2.73 bits per heavy atom. The zero-order valence-electron chi connectivity index (χ0n) is 11.6. The van der Waals surface area contributed by atoms with Gasteiger partial charge in [-0.05, 0) is 37.1 Å². The first-order chi connectivity index (χ1) is 10.6. The van der Waals surface area contributed by atoms with E-state index in [1.807, 2.05) is 12.1 Å². The Bertz CT molecular complexity index is 856. The summed E-state index contributed by atoms with van der Waals surface area (Å²) in [5, 5.41) is 17.9. The van der Waals surface area contributed by atoms with E-state index in [-0.39, 0.29) is 11.4 Å². The number of hydrogen-bond donors (Lipinski definition) is 1. The topological polar surface area (TPSA) is 50.9 Å². The number of hydrogen-bond acceptors (Lipinski definition) is 3. The summed E-state index contributed by atoms with van der Waals surface area (Å²) in [4.78, 5) is 0. The highest BCUT2D eigenvalue weighted by molar-refractivity contribution is 5.88. The van der Waals surface area contributed by atoms with Crippen LogP contribution in [0, 0.1) is 0 Å². The van der Waals surface area contributed by atoms with Crippen LogP contribution in [-0.2, 0) is 0 Å². The third kappa shape index (κ3) is 2.11. The molecule has 112 valence electrons. The number of aromatic nitrogens is 3. The van der Waals surface area contributed by atoms with Crippen molar-refractivity contribution in [3.8, 4) is 17.0 Å². The third-order valence-electron chi connectivity index (χ3n) is 3.93. The summed E-state index contributed by atoms with van der Waals surface area (Å²) in [5.74, 6) is 0.195. The first kappa shape index (κ1) is 13.2. The van der Waals surface area contributed by atoms with Gasteiger partial charge in [0.1, 0.15) is 11.4 Å². The summed E-state index contributed by atoms with van der Waals surface area (Å²) in [7, 11) is 0. The maximum absolute atomic E-state index is 12.8. The Kier molecular flexibility index (Phi) is 2.85. The second-order valence-electron chi connectivity index (χ2n) is 5.54. The largest absolute Gasteiger partial charge is 0.508 e. The number of benzene rings is 1. The summed E-state index contributed by atoms with van der Waals surface area (Å²) in [6.07, 6.45) is 0.952. The van der Waals surface area contributed by atoms with E-state index in [9.17, 15) is 13.9 Å². The van der Waals surface area contributed by atoms with Gasteiger partial charge in [-0.1, -0.05) is 0 Å². The molecule has 22 heavy (non-hydrogen) atoms. The van der Waals surface area contributed by atoms with Crippen molar-refractivity contribution >= 4 is 10.9 Å². The van der Waals surface area contributed by atoms with Gasteiger partial charge in [-0.3, -0.25) is 0 Å². The molecule has 1 saturated carbocycles. The maximum atomic E-state index is 12.8. The molecule has 2 aromatic heterocycles. The molecular weight excluding hydrogens is 288 g/mol. The molecule has 0 atom stereocenters. The highest BCUT2D eigenvalue weighted by atomic mass is 19.3. The molecule has 1 fully saturated rings. The number of nitrogens with zero attached hydrogens (tertiary/aromatic N) is 3. The molecule has 1 aliphatic carbocycles. The third-order valence-corrected chi connectivity index (χ3v) is 3.93. The van der Waals surface area contributed by atoms with Crippen LogP contribution in [0.2, 0.25) is 0 Å². The quantitative estimate of drug-likeness (QED) is 0.793. The minimum absolute atomic E-state index is 0.195. The second kappa shape index (κ2) is 4.76. The molecule has 0 amide bonds. The van der Waals surface area contributed by atoms with E-state index in [2.05, 4.69) is 14.8 Å². The van der Waals surface area contributed by atoms with Crippen molar-refractivity contribution in [2.75, 3.05) is 0 Å². The molecule has 4 rings (SSSR count). The van der Waals surface area contributed by atoms with Gasteiger partial charge < -0.3 is 9.67 Å². The second-order valence-corrected chi connectivity index (χ2v) is 5.54. The SMILES string of the molecule is Oc1ccc2cc(-c3cnnc(C(F)F)c3)n(C3CC3)c2c1. The molecule has 1 N–H and O–H groups in total. The molecule has 0 radical (unpaired) electrons. The highest BCUT2D eigenvalue weighted by Crippen LogP contribution is 2.43. The molecule has 6 heteroatoms. The fourth-order valence-electron chi connectivity index (χ4n) is 2.79. The van der Waals surface area contributed by atoms with Crippen LogP contribution in [0.25, 0.3) is 22.2 Å². The number of phenolic OH excluding ortho intramolecular Hbond substituents is 1. The van der Waals surface area contributed by atoms with E-state index in [0.29, 0.717) is 11.6 Å². The van der Waals surface area contributed by atoms with E-state index in [4.69, 9.17) is 0 Å². The van der Waals surface area contributed by atoms with Crippen molar-refractivity contribution in [1.29, 1.82) is 0 Å². The zero-order valence-corrected chi connectivity index (χ0v) is 11.6. The monoisotopic (exact) mass is 301 g/mol. The maximum Gasteiger partial charge on any atom is 0.282 e. The first-order valence-corrected chi connectivity index (χ1v) is 7.08. The fraction of sp³-hybridized carbons (Fsp3) is 0.250. The van der Waals surface area contributed by atoms with Crippen molar-refractivity contribution in [2.24, 2.45) is 0 Å². The molecule has 3 aromatic rings. The van der Waals surface area contributed by atoms with Gasteiger partial charge in [-0.25, -0.2) is 8.78 Å². The fourth-order valence-corrected chi connectivity index (χ4v) is 2.79. The van der Waals surface area contributed by atoms with Gasteiger partial charge in [0.15, 0.2) is 0 Å². The summed E-state index contributed by atoms with van der Waals surface area (Å²) >= 11 is 0. The zero-order chi connectivity index (χ0) is 15.3. The van der Waals surface area contributed by atoms with Gasteiger partial charge in [0.25, 0.3) is 6.43 Å². The van der Waals surface area contributed by atoms with Crippen LogP contribution in [0.3, 0.4) is 0 Å². The Balaban J connectivity index is 1.94. The van der Waals surface area contributed by atoms with Gasteiger partial charge in [0.05, 0.1) is 17.4 Å². The molecule has 0 bridgehead atoms. The van der Waals surface area contributed by atoms with Gasteiger partial charge in [-0.2, -0.15) is 5.10 Å². The lowest BCUT2D eigenvalue weighted by atomic mass is 10.2. The summed E-state index contributed by atoms with van der Waals surface area (Å²) in [6.45, 7) is 0. The van der Waals surface area contributed by atoms with Gasteiger partial charge in [0.2, 0.25) is 0 Å². The van der Waals surface area contributed by atoms with Crippen LogP contribution in [0.5, 0.6) is 5.75 Å². The van der Waals surface area contributed by atoms with Crippen LogP contribution >= 0.6 is 0 Å². The minimum Gasteiger partial charge on any atom is -0.508 e. The minimum atomic E-state index is -2.64. The van der Waals surface area contributed by atoms with Crippen LogP contribution in [0.15, 0.2) is 36.5 Å². The summed E-state index contributed by atoms with van der Waals surface area (Å²) in [5.41, 5.74) is 2.04. The molecule has 0 spiro atoms. The van der Waals surface area contributed by atoms with Crippen molar-refractivity contribution in [3.05, 3.63) is 42.2 Å². The van der Waals surface area contributed by atoms with E-state index >= 15 is 0 Å². The lowest BCUT2D eigenvalue weighted by Crippen LogP contribution is -1.99. The average molecular weight is 301 g/mol. The Hall–Kier alpha value is -2.50. The number of alkyl halides is 2. The summed E-state index contributed by atoms with van der Waals surface area (Å²) < 4.78 is 27.8. The number of halogens is 2. The lowest BCUT2D eigenvalue weighted by molar-refractivity contribution is 0.145. The molecule has 1 aromatic carbocycles. The number of phenols is 1. The molecule has 0 saturated heterocycles. The number of rotatable bonds is 3. The van der Waals surface area contributed by atoms with E-state index < -0.39 is 6.43 Å². The number of aromatic hydroxyl groups is 1. The van der Waals surface area contributed by atoms with Gasteiger partial charge in [0, 0.05) is 23.1 Å². The Morgan fingerprint density at radius 2 is 2.00 bits per heavy atom. The standard InChI is InChI=1S/C16H13F2N3O/c17-16(18)13-5-10(8-19-20-13)14-6-9-1-4-12(22)7-15(9)21(14)11-2-3-11/h1,4-8,11,16,22H,2-3H2. The van der Waals surface area contributed by atoms with Gasteiger partial charge in [-0.15, -0.1) is 5.10 Å². The predicted octanol–water partition coefficient (Wildman–Crippen LogP) is 4.08. The normalized spacial score (nSPS) is 14.9. The molecule has 2 heterocycles. The lowest BCUT2D eigenvalue weighted by Gasteiger charge is -2.10. The predicted molar refractivity (Wildman–Crippen MR) is 77.9 cm³/mol. The molecule has 4 nitrogen and oxygen atoms in total. The smallest absolute Gasteiger partial charge is 0.282 e. The van der Waals surface area contributed by atoms with Crippen LogP contribution in [0.4, 0.5) is 8.78 Å². The van der Waals surface area contributed by atoms with Crippen LogP contribution in [0.1, 0.15) is 31.0 Å². The van der Waals surface area contributed by atoms with Gasteiger partial charge >= 0.3 is 0 Å². The highest BCUT2D eigenvalue weighted by Gasteiger charge is 2.28. The van der Waals surface area contributed by atoms with E-state index in [1.165, 1.54) is 12.3 Å². The van der Waals surface area contributed by atoms with E-state index in [1.54, 1.807) is 12.1 Å². The van der Waals surface area contributed by atoms with Crippen molar-refractivity contribution in [1.82, 2.24) is 14.8 Å². The summed E-state index contributed by atoms with van der Waals surface area (Å²) in [6, 6.07) is 8.83. The molecule has 0 aliphatic heterocycles. The van der Waals surface area contributed by atoms with Crippen molar-refractivity contribution in [3.63, 3.8) is 0 Å². The Labute approximate surface area is 125 Å². The average Bonchev–Trinajstić information content (AvgIpc) is 3.28. The number of fused-ring (bicyclic) bond motifs is 1. The van der Waals surface area contributed by atoms with Crippen molar-refractivity contribution < 1.29 is 13.9 Å². The molecule has 0 unspecified atom stereocenters. The van der Waals surface area contributed by atoms with Crippen LogP contribution < -0.4 is 0 Å².